The molecule has 3 N–H and O–H groups in total. The molecule has 7 heteroatoms. The molecule has 0 spiro atoms. The number of fused-ring (bicyclic) bond motifs is 1. The van der Waals surface area contributed by atoms with Crippen LogP contribution in [0.4, 0.5) is 0 Å². The van der Waals surface area contributed by atoms with E-state index in [0.29, 0.717) is 31.8 Å². The first-order valence-electron chi connectivity index (χ1n) is 10.7. The zero-order valence-corrected chi connectivity index (χ0v) is 18.2. The molecule has 4 rings (SSSR count). The Bertz CT molecular complexity index is 1010. The molecule has 31 heavy (non-hydrogen) atoms. The largest absolute Gasteiger partial charge is 0.459 e. The second kappa shape index (κ2) is 10.6. The van der Waals surface area contributed by atoms with Crippen LogP contribution in [0, 0.1) is 0 Å². The Morgan fingerprint density at radius 2 is 2.16 bits per heavy atom. The number of carbonyl (C=O) groups excluding carboxylic acids is 1. The summed E-state index contributed by atoms with van der Waals surface area (Å²) in [6.45, 7) is 1.17. The third kappa shape index (κ3) is 5.55. The first kappa shape index (κ1) is 21.6. The Labute approximate surface area is 185 Å². The van der Waals surface area contributed by atoms with E-state index in [4.69, 9.17) is 14.6 Å². The topological polar surface area (TPSA) is 83.6 Å². The lowest BCUT2D eigenvalue weighted by molar-refractivity contribution is -0.146. The van der Waals surface area contributed by atoms with Crippen molar-refractivity contribution in [3.8, 4) is 0 Å². The normalized spacial score (nSPS) is 18.5. The lowest BCUT2D eigenvalue weighted by atomic mass is 9.99. The summed E-state index contributed by atoms with van der Waals surface area (Å²) in [5.74, 6) is 0.187. The van der Waals surface area contributed by atoms with Gasteiger partial charge in [-0.25, -0.2) is 0 Å². The number of carbonyl (C=O) groups is 1. The highest BCUT2D eigenvalue weighted by Crippen LogP contribution is 2.33. The van der Waals surface area contributed by atoms with Crippen LogP contribution in [0.3, 0.4) is 0 Å². The number of aliphatic hydroxyl groups excluding tert-OH is 1. The maximum Gasteiger partial charge on any atom is 0.286 e. The Balaban J connectivity index is 1.37. The van der Waals surface area contributed by atoms with Crippen LogP contribution in [0.1, 0.15) is 35.6 Å². The number of benzene rings is 1. The fraction of sp³-hybridized carbons (Fsp3) is 0.375. The molecule has 0 radical (unpaired) electrons. The zero-order valence-electron chi connectivity index (χ0n) is 17.4. The average molecular weight is 441 g/mol. The van der Waals surface area contributed by atoms with E-state index in [1.165, 1.54) is 15.8 Å². The molecule has 3 aromatic rings. The molecule has 2 aromatic heterocycles. The van der Waals surface area contributed by atoms with E-state index < -0.39 is 6.29 Å². The molecule has 0 aliphatic carbocycles. The summed E-state index contributed by atoms with van der Waals surface area (Å²) in [6.07, 6.45) is 6.29. The zero-order chi connectivity index (χ0) is 21.5. The van der Waals surface area contributed by atoms with E-state index in [-0.39, 0.29) is 18.4 Å². The van der Waals surface area contributed by atoms with Crippen molar-refractivity contribution >= 4 is 28.1 Å². The van der Waals surface area contributed by atoms with Crippen LogP contribution >= 0.6 is 11.3 Å². The van der Waals surface area contributed by atoms with Gasteiger partial charge < -0.3 is 24.9 Å². The molecule has 1 aromatic carbocycles. The molecule has 0 unspecified atom stereocenters. The van der Waals surface area contributed by atoms with Crippen LogP contribution in [-0.2, 0) is 20.7 Å². The summed E-state index contributed by atoms with van der Waals surface area (Å²) in [4.78, 5) is 17.3. The second-order valence-electron chi connectivity index (χ2n) is 7.60. The second-order valence-corrected chi connectivity index (χ2v) is 8.58. The Morgan fingerprint density at radius 3 is 3.00 bits per heavy atom. The van der Waals surface area contributed by atoms with Gasteiger partial charge in [-0.1, -0.05) is 24.3 Å². The fourth-order valence-electron chi connectivity index (χ4n) is 3.78. The van der Waals surface area contributed by atoms with Gasteiger partial charge in [0.1, 0.15) is 0 Å². The molecule has 0 saturated heterocycles. The number of aliphatic hydroxyl groups is 1. The lowest BCUT2D eigenvalue weighted by Crippen LogP contribution is -2.33. The van der Waals surface area contributed by atoms with Gasteiger partial charge in [-0.15, -0.1) is 11.3 Å². The van der Waals surface area contributed by atoms with Gasteiger partial charge in [-0.05, 0) is 48.4 Å². The Morgan fingerprint density at radius 1 is 1.26 bits per heavy atom. The molecule has 2 atom stereocenters. The number of ether oxygens (including phenoxy) is 2. The molecule has 0 bridgehead atoms. The van der Waals surface area contributed by atoms with Gasteiger partial charge in [0.25, 0.3) is 5.91 Å². The number of H-pyrrole nitrogens is 1. The highest BCUT2D eigenvalue weighted by atomic mass is 32.1. The van der Waals surface area contributed by atoms with Crippen molar-refractivity contribution in [2.24, 2.45) is 0 Å². The minimum atomic E-state index is -0.467. The molecule has 3 heterocycles. The molecule has 0 fully saturated rings. The Kier molecular flexibility index (Phi) is 7.40. The third-order valence-electron chi connectivity index (χ3n) is 5.40. The summed E-state index contributed by atoms with van der Waals surface area (Å²) in [5, 5.41) is 15.1. The van der Waals surface area contributed by atoms with E-state index in [9.17, 15) is 4.79 Å². The number of nitrogens with one attached hydrogen (secondary N) is 2. The van der Waals surface area contributed by atoms with Crippen molar-refractivity contribution in [2.75, 3.05) is 19.8 Å². The highest BCUT2D eigenvalue weighted by molar-refractivity contribution is 7.10. The van der Waals surface area contributed by atoms with Crippen LogP contribution < -0.4 is 5.32 Å². The predicted octanol–water partition coefficient (Wildman–Crippen LogP) is 4.09. The van der Waals surface area contributed by atoms with E-state index in [0.717, 1.165) is 18.4 Å². The molecule has 164 valence electrons. The van der Waals surface area contributed by atoms with Gasteiger partial charge in [0.15, 0.2) is 5.76 Å². The first-order chi connectivity index (χ1) is 15.2. The standard InChI is InChI=1S/C24H28N2O4S/c27-11-3-4-12-29-23-15-18(22-8-5-13-31-22)14-21(30-23)24(28)25-10-9-17-16-26-20-7-2-1-6-19(17)20/h1-2,5-8,13-14,16,18,23,26-27H,3-4,9-12,15H2,(H,25,28)/t18-,23+/m0/s1. The predicted molar refractivity (Wildman–Crippen MR) is 122 cm³/mol. The molecule has 1 aliphatic rings. The van der Waals surface area contributed by atoms with Crippen LogP contribution in [0.25, 0.3) is 10.9 Å². The van der Waals surface area contributed by atoms with E-state index in [2.05, 4.69) is 22.4 Å². The number of hydrogen-bond donors (Lipinski definition) is 3. The summed E-state index contributed by atoms with van der Waals surface area (Å²) in [7, 11) is 0. The van der Waals surface area contributed by atoms with Gasteiger partial charge in [0, 0.05) is 47.5 Å². The van der Waals surface area contributed by atoms with Gasteiger partial charge in [0.05, 0.1) is 6.61 Å². The molecular weight excluding hydrogens is 412 g/mol. The van der Waals surface area contributed by atoms with Crippen LogP contribution in [-0.4, -0.2) is 42.0 Å². The molecule has 6 nitrogen and oxygen atoms in total. The van der Waals surface area contributed by atoms with Crippen molar-refractivity contribution in [1.82, 2.24) is 10.3 Å². The number of hydrogen-bond acceptors (Lipinski definition) is 5. The third-order valence-corrected chi connectivity index (χ3v) is 6.41. The summed E-state index contributed by atoms with van der Waals surface area (Å²) < 4.78 is 11.7. The number of para-hydroxylation sites is 1. The van der Waals surface area contributed by atoms with Crippen LogP contribution in [0.2, 0.25) is 0 Å². The highest BCUT2D eigenvalue weighted by Gasteiger charge is 2.29. The lowest BCUT2D eigenvalue weighted by Gasteiger charge is -2.28. The number of unbranched alkanes of at least 4 members (excludes halogenated alkanes) is 1. The quantitative estimate of drug-likeness (QED) is 0.415. The van der Waals surface area contributed by atoms with E-state index in [1.807, 2.05) is 41.9 Å². The van der Waals surface area contributed by atoms with Crippen molar-refractivity contribution in [3.63, 3.8) is 0 Å². The monoisotopic (exact) mass is 440 g/mol. The number of amides is 1. The first-order valence-corrected chi connectivity index (χ1v) is 11.6. The minimum Gasteiger partial charge on any atom is -0.459 e. The average Bonchev–Trinajstić information content (AvgIpc) is 3.47. The molecule has 1 amide bonds. The number of aromatic nitrogens is 1. The Hall–Kier alpha value is -2.61. The van der Waals surface area contributed by atoms with Crippen molar-refractivity contribution < 1.29 is 19.4 Å². The summed E-state index contributed by atoms with van der Waals surface area (Å²) in [5.41, 5.74) is 2.28. The van der Waals surface area contributed by atoms with Gasteiger partial charge in [-0.2, -0.15) is 0 Å². The molecule has 0 saturated carbocycles. The molecule has 1 aliphatic heterocycles. The summed E-state index contributed by atoms with van der Waals surface area (Å²) >= 11 is 1.67. The molecular formula is C24H28N2O4S. The van der Waals surface area contributed by atoms with Gasteiger partial charge in [0.2, 0.25) is 6.29 Å². The van der Waals surface area contributed by atoms with Gasteiger partial charge in [-0.3, -0.25) is 4.79 Å². The maximum absolute atomic E-state index is 12.8. The van der Waals surface area contributed by atoms with Gasteiger partial charge >= 0.3 is 0 Å². The van der Waals surface area contributed by atoms with Crippen molar-refractivity contribution in [2.45, 2.75) is 37.9 Å². The fourth-order valence-corrected chi connectivity index (χ4v) is 4.59. The number of rotatable bonds is 10. The smallest absolute Gasteiger partial charge is 0.286 e. The van der Waals surface area contributed by atoms with E-state index in [1.54, 1.807) is 11.3 Å². The number of thiophene rings is 1. The number of allylic oxidation sites excluding steroid dienone is 1. The van der Waals surface area contributed by atoms with Crippen molar-refractivity contribution in [1.29, 1.82) is 0 Å². The van der Waals surface area contributed by atoms with Crippen molar-refractivity contribution in [3.05, 3.63) is 70.3 Å². The van der Waals surface area contributed by atoms with E-state index >= 15 is 0 Å². The maximum atomic E-state index is 12.8. The minimum absolute atomic E-state index is 0.0889. The van der Waals surface area contributed by atoms with Crippen LogP contribution in [0.5, 0.6) is 0 Å². The summed E-state index contributed by atoms with van der Waals surface area (Å²) in [6, 6.07) is 12.2. The van der Waals surface area contributed by atoms with Crippen LogP contribution in [0.15, 0.2) is 59.8 Å². The number of aromatic amines is 1. The SMILES string of the molecule is O=C(NCCc1c[nH]c2ccccc12)C1=C[C@H](c2cccs2)C[C@H](OCCCCO)O1.